The number of aliphatic imine (C=N–C) groups is 1. The second kappa shape index (κ2) is 8.43. The van der Waals surface area contributed by atoms with E-state index >= 15 is 0 Å². The molecule has 0 bridgehead atoms. The van der Waals surface area contributed by atoms with Gasteiger partial charge in [-0.05, 0) is 35.0 Å². The molecule has 0 unspecified atom stereocenters. The molecule has 6 nitrogen and oxygen atoms in total. The van der Waals surface area contributed by atoms with Gasteiger partial charge in [-0.15, -0.1) is 0 Å². The number of benzene rings is 4. The van der Waals surface area contributed by atoms with Gasteiger partial charge in [0.2, 0.25) is 0 Å². The van der Waals surface area contributed by atoms with Crippen molar-refractivity contribution in [1.29, 1.82) is 0 Å². The van der Waals surface area contributed by atoms with Crippen LogP contribution in [-0.4, -0.2) is 27.1 Å². The summed E-state index contributed by atoms with van der Waals surface area (Å²) in [5.74, 6) is -1.08. The zero-order chi connectivity index (χ0) is 22.8. The fourth-order valence-corrected chi connectivity index (χ4v) is 3.79. The van der Waals surface area contributed by atoms with E-state index in [1.165, 1.54) is 10.9 Å². The first kappa shape index (κ1) is 20.2. The first-order valence-electron chi connectivity index (χ1n) is 10.4. The molecule has 1 aromatic heterocycles. The van der Waals surface area contributed by atoms with E-state index in [9.17, 15) is 14.7 Å². The van der Waals surface area contributed by atoms with E-state index in [0.717, 1.165) is 16.3 Å². The molecule has 0 aliphatic rings. The smallest absolute Gasteiger partial charge is 0.337 e. The largest absolute Gasteiger partial charge is 0.478 e. The van der Waals surface area contributed by atoms with Gasteiger partial charge in [0.25, 0.3) is 5.56 Å². The first-order chi connectivity index (χ1) is 16.1. The number of hydrogen-bond acceptors (Lipinski definition) is 3. The lowest BCUT2D eigenvalue weighted by Gasteiger charge is -2.04. The molecule has 0 aliphatic carbocycles. The van der Waals surface area contributed by atoms with Gasteiger partial charge in [-0.2, -0.15) is 0 Å². The third-order valence-electron chi connectivity index (χ3n) is 5.43. The van der Waals surface area contributed by atoms with Crippen molar-refractivity contribution in [3.8, 4) is 16.9 Å². The van der Waals surface area contributed by atoms with Crippen molar-refractivity contribution < 1.29 is 9.90 Å². The number of H-pyrrole nitrogens is 1. The average Bonchev–Trinajstić information content (AvgIpc) is 3.19. The number of nitrogens with one attached hydrogen (secondary N) is 1. The fraction of sp³-hybridized carbons (Fsp3) is 0. The summed E-state index contributed by atoms with van der Waals surface area (Å²) in [5.41, 5.74) is 2.54. The molecule has 0 saturated carbocycles. The predicted octanol–water partition coefficient (Wildman–Crippen LogP) is 5.43. The molecule has 4 aromatic carbocycles. The summed E-state index contributed by atoms with van der Waals surface area (Å²) in [7, 11) is 0. The van der Waals surface area contributed by atoms with Gasteiger partial charge in [-0.3, -0.25) is 14.9 Å². The third kappa shape index (κ3) is 3.85. The molecule has 5 rings (SSSR count). The number of aromatic amines is 1. The predicted molar refractivity (Wildman–Crippen MR) is 130 cm³/mol. The van der Waals surface area contributed by atoms with Crippen LogP contribution in [0.5, 0.6) is 0 Å². The highest BCUT2D eigenvalue weighted by Gasteiger charge is 2.16. The normalized spacial score (nSPS) is 11.3. The number of carboxylic acid groups (broad SMARTS) is 1. The van der Waals surface area contributed by atoms with Crippen LogP contribution in [0.2, 0.25) is 0 Å². The van der Waals surface area contributed by atoms with E-state index in [1.54, 1.807) is 12.1 Å². The number of para-hydroxylation sites is 1. The van der Waals surface area contributed by atoms with E-state index in [2.05, 4.69) is 10.1 Å². The molecule has 160 valence electrons. The van der Waals surface area contributed by atoms with Crippen LogP contribution in [-0.2, 0) is 0 Å². The maximum Gasteiger partial charge on any atom is 0.337 e. The van der Waals surface area contributed by atoms with Crippen LogP contribution in [0.25, 0.3) is 27.7 Å². The van der Waals surface area contributed by atoms with E-state index in [0.29, 0.717) is 16.9 Å². The molecule has 0 atom stereocenters. The van der Waals surface area contributed by atoms with Crippen molar-refractivity contribution in [2.75, 3.05) is 0 Å². The minimum atomic E-state index is -1.08. The van der Waals surface area contributed by atoms with Crippen LogP contribution in [0.4, 0.5) is 5.69 Å². The van der Waals surface area contributed by atoms with Crippen LogP contribution in [0.3, 0.4) is 0 Å². The second-order valence-electron chi connectivity index (χ2n) is 7.52. The minimum absolute atomic E-state index is 0.0742. The van der Waals surface area contributed by atoms with Gasteiger partial charge in [0, 0.05) is 11.8 Å². The van der Waals surface area contributed by atoms with Gasteiger partial charge in [0.1, 0.15) is 0 Å². The Bertz CT molecular complexity index is 1550. The standard InChI is InChI=1S/C27H19N3O3/c31-26-23(17-28-24-16-20-12-8-7-11-19(20)15-22(24)27(32)33)25(18-9-3-1-4-10-18)29-30(26)21-13-5-2-6-14-21/h1-17,29H,(H,32,33). The van der Waals surface area contributed by atoms with E-state index in [-0.39, 0.29) is 16.8 Å². The Kier molecular flexibility index (Phi) is 5.16. The van der Waals surface area contributed by atoms with Gasteiger partial charge in [-0.1, -0.05) is 72.8 Å². The molecule has 2 N–H and O–H groups in total. The minimum Gasteiger partial charge on any atom is -0.478 e. The summed E-state index contributed by atoms with van der Waals surface area (Å²) in [6.07, 6.45) is 1.44. The van der Waals surface area contributed by atoms with Gasteiger partial charge < -0.3 is 5.11 Å². The highest BCUT2D eigenvalue weighted by molar-refractivity contribution is 6.01. The number of aromatic nitrogens is 2. The van der Waals surface area contributed by atoms with Crippen molar-refractivity contribution in [1.82, 2.24) is 9.78 Å². The Morgan fingerprint density at radius 2 is 1.45 bits per heavy atom. The molecule has 0 radical (unpaired) electrons. The Hall–Kier alpha value is -4.71. The number of rotatable bonds is 5. The van der Waals surface area contributed by atoms with Crippen LogP contribution in [0, 0.1) is 0 Å². The molecule has 0 aliphatic heterocycles. The number of fused-ring (bicyclic) bond motifs is 1. The lowest BCUT2D eigenvalue weighted by atomic mass is 10.0. The zero-order valence-electron chi connectivity index (χ0n) is 17.5. The van der Waals surface area contributed by atoms with Crippen LogP contribution in [0.1, 0.15) is 15.9 Å². The summed E-state index contributed by atoms with van der Waals surface area (Å²) in [4.78, 5) is 29.7. The van der Waals surface area contributed by atoms with E-state index < -0.39 is 5.97 Å². The van der Waals surface area contributed by atoms with Crippen LogP contribution < -0.4 is 5.56 Å². The molecule has 0 amide bonds. The summed E-state index contributed by atoms with van der Waals surface area (Å²) in [6.45, 7) is 0. The van der Waals surface area contributed by atoms with Gasteiger partial charge >= 0.3 is 5.97 Å². The number of aromatic carboxylic acids is 1. The lowest BCUT2D eigenvalue weighted by molar-refractivity contribution is 0.0698. The van der Waals surface area contributed by atoms with E-state index in [1.807, 2.05) is 84.9 Å². The van der Waals surface area contributed by atoms with Crippen LogP contribution >= 0.6 is 0 Å². The van der Waals surface area contributed by atoms with Crippen molar-refractivity contribution in [3.63, 3.8) is 0 Å². The monoisotopic (exact) mass is 433 g/mol. The third-order valence-corrected chi connectivity index (χ3v) is 5.43. The second-order valence-corrected chi connectivity index (χ2v) is 7.52. The Balaban J connectivity index is 1.69. The number of carbonyl (C=O) groups is 1. The topological polar surface area (TPSA) is 87.4 Å². The SMILES string of the molecule is O=C(O)c1cc2ccccc2cc1N=Cc1c(-c2ccccc2)[nH]n(-c2ccccc2)c1=O. The molecule has 0 saturated heterocycles. The zero-order valence-corrected chi connectivity index (χ0v) is 17.5. The molecule has 0 fully saturated rings. The molecule has 33 heavy (non-hydrogen) atoms. The summed E-state index contributed by atoms with van der Waals surface area (Å²) < 4.78 is 1.46. The van der Waals surface area contributed by atoms with Crippen LogP contribution in [0.15, 0.2) is 107 Å². The average molecular weight is 433 g/mol. The Labute approximate surface area is 189 Å². The van der Waals surface area contributed by atoms with E-state index in [4.69, 9.17) is 0 Å². The van der Waals surface area contributed by atoms with Crippen molar-refractivity contribution in [2.45, 2.75) is 0 Å². The molecule has 6 heteroatoms. The highest BCUT2D eigenvalue weighted by Crippen LogP contribution is 2.27. The molecular formula is C27H19N3O3. The number of carboxylic acids is 1. The van der Waals surface area contributed by atoms with Crippen molar-refractivity contribution in [2.24, 2.45) is 4.99 Å². The number of nitrogens with zero attached hydrogens (tertiary/aromatic N) is 2. The van der Waals surface area contributed by atoms with Gasteiger partial charge in [0.05, 0.1) is 28.2 Å². The first-order valence-corrected chi connectivity index (χ1v) is 10.4. The summed E-state index contributed by atoms with van der Waals surface area (Å²) >= 11 is 0. The quantitative estimate of drug-likeness (QED) is 0.362. The summed E-state index contributed by atoms with van der Waals surface area (Å²) in [6, 6.07) is 29.5. The maximum absolute atomic E-state index is 13.3. The molecule has 1 heterocycles. The number of hydrogen-bond donors (Lipinski definition) is 2. The Morgan fingerprint density at radius 3 is 2.12 bits per heavy atom. The fourth-order valence-electron chi connectivity index (χ4n) is 3.79. The van der Waals surface area contributed by atoms with Crippen molar-refractivity contribution >= 4 is 28.6 Å². The van der Waals surface area contributed by atoms with Gasteiger partial charge in [0.15, 0.2) is 0 Å². The molecule has 0 spiro atoms. The maximum atomic E-state index is 13.3. The molecule has 5 aromatic rings. The van der Waals surface area contributed by atoms with Gasteiger partial charge in [-0.25, -0.2) is 9.48 Å². The highest BCUT2D eigenvalue weighted by atomic mass is 16.4. The lowest BCUT2D eigenvalue weighted by Crippen LogP contribution is -2.17. The summed E-state index contributed by atoms with van der Waals surface area (Å²) in [5, 5.41) is 14.6. The Morgan fingerprint density at radius 1 is 0.848 bits per heavy atom. The molecular weight excluding hydrogens is 414 g/mol. The van der Waals surface area contributed by atoms with Crippen molar-refractivity contribution in [3.05, 3.63) is 119 Å².